The molecule has 0 saturated carbocycles. The Hall–Kier alpha value is -3.61. The highest BCUT2D eigenvalue weighted by Crippen LogP contribution is 2.28. The molecular weight excluding hydrogens is 413 g/mol. The van der Waals surface area contributed by atoms with E-state index >= 15 is 0 Å². The maximum atomic E-state index is 13.7. The first-order valence-electron chi connectivity index (χ1n) is 10.2. The molecule has 2 aromatic carbocycles. The van der Waals surface area contributed by atoms with Crippen LogP contribution in [0, 0.1) is 19.7 Å². The van der Waals surface area contributed by atoms with Gasteiger partial charge in [0.1, 0.15) is 5.82 Å². The maximum absolute atomic E-state index is 13.7. The molecule has 7 heteroatoms. The highest BCUT2D eigenvalue weighted by molar-refractivity contribution is 6.00. The maximum Gasteiger partial charge on any atom is 0.341 e. The van der Waals surface area contributed by atoms with E-state index in [1.165, 1.54) is 24.3 Å². The molecule has 0 atom stereocenters. The zero-order chi connectivity index (χ0) is 23.3. The summed E-state index contributed by atoms with van der Waals surface area (Å²) >= 11 is 0. The summed E-state index contributed by atoms with van der Waals surface area (Å²) < 4.78 is 31.4. The lowest BCUT2D eigenvalue weighted by atomic mass is 10.1. The molecule has 0 spiro atoms. The summed E-state index contributed by atoms with van der Waals surface area (Å²) in [6, 6.07) is 13.1. The normalized spacial score (nSPS) is 10.7. The largest absolute Gasteiger partial charge is 0.493 e. The number of aryl methyl sites for hydroxylation is 2. The van der Waals surface area contributed by atoms with Gasteiger partial charge in [0.05, 0.1) is 19.8 Å². The zero-order valence-corrected chi connectivity index (χ0v) is 18.6. The average molecular weight is 439 g/mol. The standard InChI is InChI=1S/C25H26FNO5/c1-16-13-20(22(28)15-32-25(29)19-7-5-6-8-21(19)26)17(2)27(16)12-11-18-9-10-23(30-3)24(14-18)31-4/h5-10,13-14H,11-12,15H2,1-4H3. The summed E-state index contributed by atoms with van der Waals surface area (Å²) in [7, 11) is 3.19. The Kier molecular flexibility index (Phi) is 7.30. The monoisotopic (exact) mass is 439 g/mol. The lowest BCUT2D eigenvalue weighted by Gasteiger charge is -2.12. The molecule has 6 nitrogen and oxygen atoms in total. The first kappa shape index (κ1) is 23.1. The molecule has 1 heterocycles. The van der Waals surface area contributed by atoms with Crippen molar-refractivity contribution >= 4 is 11.8 Å². The summed E-state index contributed by atoms with van der Waals surface area (Å²) in [5.41, 5.74) is 3.07. The highest BCUT2D eigenvalue weighted by Gasteiger charge is 2.19. The summed E-state index contributed by atoms with van der Waals surface area (Å²) in [6.45, 7) is 3.99. The van der Waals surface area contributed by atoms with E-state index in [-0.39, 0.29) is 11.3 Å². The van der Waals surface area contributed by atoms with Crippen molar-refractivity contribution in [1.29, 1.82) is 0 Å². The van der Waals surface area contributed by atoms with Crippen molar-refractivity contribution in [2.24, 2.45) is 0 Å². The molecule has 3 rings (SSSR count). The number of Topliss-reactive ketones (excluding diaryl/α,β-unsaturated/α-hetero) is 1. The van der Waals surface area contributed by atoms with Crippen LogP contribution >= 0.6 is 0 Å². The van der Waals surface area contributed by atoms with E-state index < -0.39 is 18.4 Å². The zero-order valence-electron chi connectivity index (χ0n) is 18.6. The first-order valence-corrected chi connectivity index (χ1v) is 10.2. The van der Waals surface area contributed by atoms with Gasteiger partial charge in [-0.15, -0.1) is 0 Å². The Labute approximate surface area is 186 Å². The third-order valence-electron chi connectivity index (χ3n) is 5.37. The number of hydrogen-bond donors (Lipinski definition) is 0. The summed E-state index contributed by atoms with van der Waals surface area (Å²) in [6.07, 6.45) is 0.729. The van der Waals surface area contributed by atoms with Gasteiger partial charge < -0.3 is 18.8 Å². The molecule has 0 N–H and O–H groups in total. The number of rotatable bonds is 9. The van der Waals surface area contributed by atoms with Gasteiger partial charge in [-0.1, -0.05) is 18.2 Å². The smallest absolute Gasteiger partial charge is 0.341 e. The first-order chi connectivity index (χ1) is 15.3. The fourth-order valence-electron chi connectivity index (χ4n) is 3.62. The fraction of sp³-hybridized carbons (Fsp3) is 0.280. The van der Waals surface area contributed by atoms with Crippen LogP contribution in [0.2, 0.25) is 0 Å². The molecule has 0 aliphatic rings. The van der Waals surface area contributed by atoms with Crippen LogP contribution in [0.25, 0.3) is 0 Å². The lowest BCUT2D eigenvalue weighted by molar-refractivity contribution is 0.0470. The Morgan fingerprint density at radius 1 is 0.938 bits per heavy atom. The SMILES string of the molecule is COc1ccc(CCn2c(C)cc(C(=O)COC(=O)c3ccccc3F)c2C)cc1OC. The lowest BCUT2D eigenvalue weighted by Crippen LogP contribution is -2.16. The fourth-order valence-corrected chi connectivity index (χ4v) is 3.62. The quantitative estimate of drug-likeness (QED) is 0.362. The van der Waals surface area contributed by atoms with Gasteiger partial charge in [0.15, 0.2) is 18.1 Å². The summed E-state index contributed by atoms with van der Waals surface area (Å²) in [4.78, 5) is 24.7. The molecule has 0 aliphatic carbocycles. The minimum atomic E-state index is -0.862. The molecule has 0 amide bonds. The van der Waals surface area contributed by atoms with Crippen LogP contribution in [0.4, 0.5) is 4.39 Å². The Balaban J connectivity index is 1.67. The number of methoxy groups -OCH3 is 2. The van der Waals surface area contributed by atoms with E-state index in [0.717, 1.165) is 23.4 Å². The van der Waals surface area contributed by atoms with Gasteiger partial charge in [0.25, 0.3) is 0 Å². The van der Waals surface area contributed by atoms with Gasteiger partial charge in [0, 0.05) is 23.5 Å². The highest BCUT2D eigenvalue weighted by atomic mass is 19.1. The molecule has 3 aromatic rings. The van der Waals surface area contributed by atoms with Crippen LogP contribution in [0.15, 0.2) is 48.5 Å². The Bertz CT molecular complexity index is 1140. The third kappa shape index (κ3) is 4.99. The minimum Gasteiger partial charge on any atom is -0.493 e. The number of benzene rings is 2. The number of halogens is 1. The Morgan fingerprint density at radius 2 is 1.66 bits per heavy atom. The van der Waals surface area contributed by atoms with Gasteiger partial charge in [0.2, 0.25) is 5.78 Å². The molecule has 0 saturated heterocycles. The van der Waals surface area contributed by atoms with Crippen molar-refractivity contribution < 1.29 is 28.2 Å². The van der Waals surface area contributed by atoms with Crippen LogP contribution in [0.1, 0.15) is 37.7 Å². The number of esters is 1. The predicted octanol–water partition coefficient (Wildman–Crippen LogP) is 4.54. The molecule has 0 bridgehead atoms. The molecule has 168 valence electrons. The third-order valence-corrected chi connectivity index (χ3v) is 5.37. The van der Waals surface area contributed by atoms with E-state index in [4.69, 9.17) is 14.2 Å². The molecule has 0 radical (unpaired) electrons. The van der Waals surface area contributed by atoms with Crippen LogP contribution in [-0.2, 0) is 17.7 Å². The van der Waals surface area contributed by atoms with Crippen molar-refractivity contribution in [3.63, 3.8) is 0 Å². The number of carbonyl (C=O) groups excluding carboxylic acids is 2. The number of hydrogen-bond acceptors (Lipinski definition) is 5. The topological polar surface area (TPSA) is 66.8 Å². The van der Waals surface area contributed by atoms with E-state index in [1.54, 1.807) is 20.3 Å². The average Bonchev–Trinajstić information content (AvgIpc) is 3.09. The van der Waals surface area contributed by atoms with E-state index in [0.29, 0.717) is 23.6 Å². The molecule has 32 heavy (non-hydrogen) atoms. The van der Waals surface area contributed by atoms with Gasteiger partial charge in [-0.2, -0.15) is 0 Å². The molecule has 1 aromatic heterocycles. The van der Waals surface area contributed by atoms with Gasteiger partial charge >= 0.3 is 5.97 Å². The van der Waals surface area contributed by atoms with Gasteiger partial charge in [-0.05, 0) is 56.2 Å². The molecule has 0 aliphatic heterocycles. The Morgan fingerprint density at radius 3 is 2.34 bits per heavy atom. The number of nitrogens with zero attached hydrogens (tertiary/aromatic N) is 1. The van der Waals surface area contributed by atoms with Crippen molar-refractivity contribution in [3.8, 4) is 11.5 Å². The van der Waals surface area contributed by atoms with Crippen molar-refractivity contribution in [2.45, 2.75) is 26.8 Å². The number of carbonyl (C=O) groups is 2. The number of ketones is 1. The second kappa shape index (κ2) is 10.1. The molecule has 0 fully saturated rings. The van der Waals surface area contributed by atoms with Crippen molar-refractivity contribution in [3.05, 3.63) is 82.4 Å². The number of ether oxygens (including phenoxy) is 3. The van der Waals surface area contributed by atoms with Crippen LogP contribution in [-0.4, -0.2) is 37.1 Å². The van der Waals surface area contributed by atoms with Crippen LogP contribution in [0.3, 0.4) is 0 Å². The summed E-state index contributed by atoms with van der Waals surface area (Å²) in [5.74, 6) is -0.543. The van der Waals surface area contributed by atoms with Crippen LogP contribution in [0.5, 0.6) is 11.5 Å². The van der Waals surface area contributed by atoms with Gasteiger partial charge in [-0.25, -0.2) is 9.18 Å². The minimum absolute atomic E-state index is 0.194. The predicted molar refractivity (Wildman–Crippen MR) is 118 cm³/mol. The summed E-state index contributed by atoms with van der Waals surface area (Å²) in [5, 5.41) is 0. The van der Waals surface area contributed by atoms with Crippen molar-refractivity contribution in [1.82, 2.24) is 4.57 Å². The second-order valence-electron chi connectivity index (χ2n) is 7.35. The second-order valence-corrected chi connectivity index (χ2v) is 7.35. The van der Waals surface area contributed by atoms with E-state index in [2.05, 4.69) is 0 Å². The van der Waals surface area contributed by atoms with E-state index in [1.807, 2.05) is 36.6 Å². The molecule has 0 unspecified atom stereocenters. The van der Waals surface area contributed by atoms with Crippen molar-refractivity contribution in [2.75, 3.05) is 20.8 Å². The molecular formula is C25H26FNO5. The van der Waals surface area contributed by atoms with E-state index in [9.17, 15) is 14.0 Å². The van der Waals surface area contributed by atoms with Gasteiger partial charge in [-0.3, -0.25) is 4.79 Å². The van der Waals surface area contributed by atoms with Crippen LogP contribution < -0.4 is 9.47 Å². The number of aromatic nitrogens is 1.